The number of hydrogen-bond acceptors (Lipinski definition) is 4. The monoisotopic (exact) mass is 497 g/mol. The average molecular weight is 498 g/mol. The van der Waals surface area contributed by atoms with Gasteiger partial charge in [0.05, 0.1) is 16.4 Å². The maximum Gasteiger partial charge on any atom is 0.145 e. The van der Waals surface area contributed by atoms with Crippen molar-refractivity contribution in [2.24, 2.45) is 0 Å². The van der Waals surface area contributed by atoms with Crippen molar-refractivity contribution in [3.05, 3.63) is 103 Å². The Morgan fingerprint density at radius 3 is 2.42 bits per heavy atom. The summed E-state index contributed by atoms with van der Waals surface area (Å²) >= 11 is 0. The molecular weight excluding hydrogens is 470 g/mol. The molecule has 7 rings (SSSR count). The first-order valence-corrected chi connectivity index (χ1v) is 12.8. The van der Waals surface area contributed by atoms with E-state index in [1.165, 1.54) is 5.56 Å². The lowest BCUT2D eigenvalue weighted by molar-refractivity contribution is 0.483. The highest BCUT2D eigenvalue weighted by atomic mass is 16.5. The molecule has 0 aliphatic heterocycles. The van der Waals surface area contributed by atoms with Gasteiger partial charge in [0.1, 0.15) is 28.5 Å². The van der Waals surface area contributed by atoms with Crippen LogP contribution in [0.5, 0.6) is 11.5 Å². The van der Waals surface area contributed by atoms with Crippen LogP contribution in [0.3, 0.4) is 0 Å². The molecule has 0 amide bonds. The zero-order chi connectivity index (χ0) is 26.0. The van der Waals surface area contributed by atoms with Gasteiger partial charge in [0.25, 0.3) is 0 Å². The second-order valence-corrected chi connectivity index (χ2v) is 10.8. The number of rotatable bonds is 3. The lowest BCUT2D eigenvalue weighted by Crippen LogP contribution is -2.12. The predicted molar refractivity (Wildman–Crippen MR) is 155 cm³/mol. The van der Waals surface area contributed by atoms with Gasteiger partial charge in [0, 0.05) is 40.2 Å². The van der Waals surface area contributed by atoms with Crippen LogP contribution in [-0.2, 0) is 5.41 Å². The number of nitrogens with two attached hydrogens (primary N) is 1. The molecule has 3 heterocycles. The first-order chi connectivity index (χ1) is 18.4. The van der Waals surface area contributed by atoms with Gasteiger partial charge in [0.15, 0.2) is 0 Å². The summed E-state index contributed by atoms with van der Waals surface area (Å²) in [5, 5.41) is 4.35. The fraction of sp³-hybridized carbons (Fsp3) is 0.121. The highest BCUT2D eigenvalue weighted by Crippen LogP contribution is 2.41. The molecule has 0 radical (unpaired) electrons. The summed E-state index contributed by atoms with van der Waals surface area (Å²) in [7, 11) is 0. The lowest BCUT2D eigenvalue weighted by atomic mass is 9.88. The Labute approximate surface area is 220 Å². The van der Waals surface area contributed by atoms with Gasteiger partial charge in [-0.15, -0.1) is 0 Å². The molecular formula is C33H27N3O2. The minimum absolute atomic E-state index is 0.00996. The normalized spacial score (nSPS) is 12.2. The van der Waals surface area contributed by atoms with Crippen molar-refractivity contribution in [3.63, 3.8) is 0 Å². The van der Waals surface area contributed by atoms with E-state index >= 15 is 0 Å². The van der Waals surface area contributed by atoms with Crippen LogP contribution in [0, 0.1) is 0 Å². The summed E-state index contributed by atoms with van der Waals surface area (Å²) < 4.78 is 14.9. The maximum atomic E-state index is 6.46. The van der Waals surface area contributed by atoms with Crippen LogP contribution < -0.4 is 10.5 Å². The molecule has 38 heavy (non-hydrogen) atoms. The second kappa shape index (κ2) is 8.12. The van der Waals surface area contributed by atoms with Crippen LogP contribution in [0.25, 0.3) is 49.6 Å². The maximum absolute atomic E-state index is 6.46. The summed E-state index contributed by atoms with van der Waals surface area (Å²) in [5.74, 6) is 2.27. The number of para-hydroxylation sites is 1. The van der Waals surface area contributed by atoms with Gasteiger partial charge < -0.3 is 14.9 Å². The van der Waals surface area contributed by atoms with Crippen molar-refractivity contribution < 1.29 is 9.15 Å². The minimum atomic E-state index is -0.00996. The lowest BCUT2D eigenvalue weighted by Gasteiger charge is -2.20. The largest absolute Gasteiger partial charge is 0.457 e. The Bertz CT molecular complexity index is 2010. The number of benzene rings is 4. The Hall–Kier alpha value is -4.77. The molecule has 7 aromatic rings. The summed E-state index contributed by atoms with van der Waals surface area (Å²) in [6.45, 7) is 6.65. The minimum Gasteiger partial charge on any atom is -0.457 e. The quantitative estimate of drug-likeness (QED) is 0.248. The number of pyridine rings is 1. The highest BCUT2D eigenvalue weighted by molar-refractivity contribution is 6.23. The molecule has 0 aliphatic rings. The van der Waals surface area contributed by atoms with E-state index in [0.29, 0.717) is 11.4 Å². The second-order valence-electron chi connectivity index (χ2n) is 10.8. The molecule has 0 atom stereocenters. The Balaban J connectivity index is 1.55. The third-order valence-corrected chi connectivity index (χ3v) is 7.18. The zero-order valence-electron chi connectivity index (χ0n) is 21.5. The molecule has 2 N–H and O–H groups in total. The number of hydrogen-bond donors (Lipinski definition) is 1. The van der Waals surface area contributed by atoms with Gasteiger partial charge in [-0.05, 0) is 65.6 Å². The van der Waals surface area contributed by atoms with Crippen LogP contribution in [0.1, 0.15) is 26.3 Å². The first-order valence-electron chi connectivity index (χ1n) is 12.8. The molecule has 186 valence electrons. The summed E-state index contributed by atoms with van der Waals surface area (Å²) in [6, 6.07) is 30.4. The van der Waals surface area contributed by atoms with Gasteiger partial charge in [0.2, 0.25) is 0 Å². The summed E-state index contributed by atoms with van der Waals surface area (Å²) in [6.07, 6.45) is 1.89. The van der Waals surface area contributed by atoms with Crippen LogP contribution in [0.4, 0.5) is 5.69 Å². The van der Waals surface area contributed by atoms with Crippen LogP contribution in [-0.4, -0.2) is 9.55 Å². The molecule has 0 spiro atoms. The standard InChI is InChI=1S/C33H27N3O2/c1-33(2,3)20-15-16-35-30(17-20)36-27-14-13-25-24-9-4-5-10-29(24)38-32(25)31(27)26-12-11-23(19-28(26)36)37-22-8-6-7-21(34)18-22/h4-19H,34H2,1-3H3. The number of anilines is 1. The van der Waals surface area contributed by atoms with E-state index in [9.17, 15) is 0 Å². The third-order valence-electron chi connectivity index (χ3n) is 7.18. The molecule has 3 aromatic heterocycles. The smallest absolute Gasteiger partial charge is 0.145 e. The fourth-order valence-electron chi connectivity index (χ4n) is 5.29. The molecule has 0 unspecified atom stereocenters. The topological polar surface area (TPSA) is 66.2 Å². The average Bonchev–Trinajstić information content (AvgIpc) is 3.43. The van der Waals surface area contributed by atoms with Crippen molar-refractivity contribution in [1.82, 2.24) is 9.55 Å². The van der Waals surface area contributed by atoms with Gasteiger partial charge in [-0.1, -0.05) is 45.0 Å². The summed E-state index contributed by atoms with van der Waals surface area (Å²) in [5.41, 5.74) is 11.6. The zero-order valence-corrected chi connectivity index (χ0v) is 21.5. The fourth-order valence-corrected chi connectivity index (χ4v) is 5.29. The van der Waals surface area contributed by atoms with Gasteiger partial charge >= 0.3 is 0 Å². The van der Waals surface area contributed by atoms with Crippen LogP contribution in [0.15, 0.2) is 102 Å². The van der Waals surface area contributed by atoms with E-state index in [0.717, 1.165) is 55.3 Å². The molecule has 0 saturated carbocycles. The molecule has 5 heteroatoms. The van der Waals surface area contributed by atoms with E-state index in [4.69, 9.17) is 19.9 Å². The number of aromatic nitrogens is 2. The van der Waals surface area contributed by atoms with Crippen molar-refractivity contribution in [2.45, 2.75) is 26.2 Å². The van der Waals surface area contributed by atoms with Crippen LogP contribution >= 0.6 is 0 Å². The molecule has 0 saturated heterocycles. The summed E-state index contributed by atoms with van der Waals surface area (Å²) in [4.78, 5) is 4.82. The van der Waals surface area contributed by atoms with Gasteiger partial charge in [-0.2, -0.15) is 0 Å². The molecule has 0 aliphatic carbocycles. The van der Waals surface area contributed by atoms with Crippen molar-refractivity contribution in [3.8, 4) is 17.3 Å². The van der Waals surface area contributed by atoms with Gasteiger partial charge in [-0.3, -0.25) is 4.57 Å². The molecule has 4 aromatic carbocycles. The van der Waals surface area contributed by atoms with E-state index in [-0.39, 0.29) is 5.41 Å². The molecule has 0 bridgehead atoms. The SMILES string of the molecule is CC(C)(C)c1ccnc(-n2c3cc(Oc4cccc(N)c4)ccc3c3c4oc5ccccc5c4ccc32)c1. The van der Waals surface area contributed by atoms with E-state index in [2.05, 4.69) is 67.8 Å². The number of furan rings is 1. The Morgan fingerprint density at radius 2 is 1.58 bits per heavy atom. The van der Waals surface area contributed by atoms with Crippen molar-refractivity contribution in [2.75, 3.05) is 5.73 Å². The third kappa shape index (κ3) is 3.51. The van der Waals surface area contributed by atoms with E-state index < -0.39 is 0 Å². The Kier molecular flexibility index (Phi) is 4.79. The number of ether oxygens (including phenoxy) is 1. The van der Waals surface area contributed by atoms with Gasteiger partial charge in [-0.25, -0.2) is 4.98 Å². The molecule has 5 nitrogen and oxygen atoms in total. The first kappa shape index (κ1) is 22.4. The molecule has 0 fully saturated rings. The number of nitrogen functional groups attached to an aromatic ring is 1. The predicted octanol–water partition coefficient (Wildman–Crippen LogP) is 8.75. The van der Waals surface area contributed by atoms with E-state index in [1.54, 1.807) is 0 Å². The van der Waals surface area contributed by atoms with Crippen molar-refractivity contribution in [1.29, 1.82) is 0 Å². The van der Waals surface area contributed by atoms with Crippen molar-refractivity contribution >= 4 is 49.4 Å². The number of nitrogens with zero attached hydrogens (tertiary/aromatic N) is 2. The Morgan fingerprint density at radius 1 is 0.763 bits per heavy atom. The van der Waals surface area contributed by atoms with Crippen LogP contribution in [0.2, 0.25) is 0 Å². The highest BCUT2D eigenvalue weighted by Gasteiger charge is 2.21. The number of fused-ring (bicyclic) bond motifs is 7. The van der Waals surface area contributed by atoms with E-state index in [1.807, 2.05) is 54.7 Å².